The summed E-state index contributed by atoms with van der Waals surface area (Å²) in [6, 6.07) is 7.26. The molecular weight excluding hydrogens is 248 g/mol. The zero-order valence-corrected chi connectivity index (χ0v) is 10.9. The Labute approximate surface area is 110 Å². The summed E-state index contributed by atoms with van der Waals surface area (Å²) in [4.78, 5) is 15.0. The van der Waals surface area contributed by atoms with Gasteiger partial charge in [-0.05, 0) is 31.2 Å². The van der Waals surface area contributed by atoms with Crippen molar-refractivity contribution in [1.82, 2.24) is 10.1 Å². The quantitative estimate of drug-likeness (QED) is 0.787. The highest BCUT2D eigenvalue weighted by Crippen LogP contribution is 2.22. The van der Waals surface area contributed by atoms with Crippen molar-refractivity contribution in [1.29, 1.82) is 0 Å². The van der Waals surface area contributed by atoms with E-state index in [2.05, 4.69) is 10.1 Å². The Hall–Kier alpha value is -2.37. The van der Waals surface area contributed by atoms with Crippen molar-refractivity contribution in [3.63, 3.8) is 0 Å². The molecule has 0 amide bonds. The number of rotatable bonds is 4. The molecule has 0 bridgehead atoms. The minimum atomic E-state index is -0.558. The van der Waals surface area contributed by atoms with Crippen LogP contribution in [-0.4, -0.2) is 23.2 Å². The first-order valence-corrected chi connectivity index (χ1v) is 5.75. The predicted molar refractivity (Wildman–Crippen MR) is 66.5 cm³/mol. The molecular formula is C13H14N2O4. The van der Waals surface area contributed by atoms with E-state index in [-0.39, 0.29) is 5.89 Å². The molecule has 0 spiro atoms. The van der Waals surface area contributed by atoms with Crippen LogP contribution in [0.3, 0.4) is 0 Å². The van der Waals surface area contributed by atoms with Crippen LogP contribution in [0.15, 0.2) is 28.8 Å². The van der Waals surface area contributed by atoms with Gasteiger partial charge >= 0.3 is 5.97 Å². The van der Waals surface area contributed by atoms with Crippen LogP contribution in [0.4, 0.5) is 0 Å². The highest BCUT2D eigenvalue weighted by atomic mass is 16.6. The number of benzene rings is 1. The molecule has 2 rings (SSSR count). The molecule has 1 atom stereocenters. The van der Waals surface area contributed by atoms with Gasteiger partial charge in [-0.3, -0.25) is 4.79 Å². The molecule has 0 aliphatic heterocycles. The van der Waals surface area contributed by atoms with Gasteiger partial charge in [0.05, 0.1) is 7.11 Å². The zero-order chi connectivity index (χ0) is 13.8. The molecule has 0 fully saturated rings. The number of nitrogens with zero attached hydrogens (tertiary/aromatic N) is 2. The third kappa shape index (κ3) is 3.09. The lowest BCUT2D eigenvalue weighted by molar-refractivity contribution is -0.146. The van der Waals surface area contributed by atoms with Crippen molar-refractivity contribution in [3.8, 4) is 17.1 Å². The lowest BCUT2D eigenvalue weighted by Gasteiger charge is -2.05. The maximum atomic E-state index is 10.8. The van der Waals surface area contributed by atoms with Crippen molar-refractivity contribution in [2.24, 2.45) is 0 Å². The summed E-state index contributed by atoms with van der Waals surface area (Å²) >= 11 is 0. The van der Waals surface area contributed by atoms with Gasteiger partial charge in [0, 0.05) is 12.5 Å². The van der Waals surface area contributed by atoms with E-state index in [1.54, 1.807) is 26.2 Å². The van der Waals surface area contributed by atoms with Crippen LogP contribution in [0.1, 0.15) is 25.8 Å². The van der Waals surface area contributed by atoms with Gasteiger partial charge in [-0.15, -0.1) is 0 Å². The Kier molecular flexibility index (Phi) is 3.79. The summed E-state index contributed by atoms with van der Waals surface area (Å²) in [5, 5.41) is 3.85. The van der Waals surface area contributed by atoms with E-state index in [1.165, 1.54) is 6.92 Å². The lowest BCUT2D eigenvalue weighted by Crippen LogP contribution is -2.04. The Morgan fingerprint density at radius 2 is 2.00 bits per heavy atom. The maximum absolute atomic E-state index is 10.8. The van der Waals surface area contributed by atoms with Crippen molar-refractivity contribution in [3.05, 3.63) is 30.2 Å². The van der Waals surface area contributed by atoms with Gasteiger partial charge in [-0.2, -0.15) is 4.98 Å². The van der Waals surface area contributed by atoms with Gasteiger partial charge in [0.15, 0.2) is 6.10 Å². The molecule has 1 aromatic carbocycles. The second-order valence-corrected chi connectivity index (χ2v) is 3.94. The number of methoxy groups -OCH3 is 1. The molecule has 0 radical (unpaired) electrons. The third-order valence-corrected chi connectivity index (χ3v) is 2.48. The first kappa shape index (κ1) is 13.1. The van der Waals surface area contributed by atoms with Gasteiger partial charge in [-0.25, -0.2) is 0 Å². The molecule has 1 heterocycles. The molecule has 1 aromatic heterocycles. The Morgan fingerprint density at radius 3 is 2.58 bits per heavy atom. The van der Waals surface area contributed by atoms with E-state index in [0.29, 0.717) is 5.82 Å². The average molecular weight is 262 g/mol. The second kappa shape index (κ2) is 5.51. The van der Waals surface area contributed by atoms with Gasteiger partial charge in [0.1, 0.15) is 5.75 Å². The first-order valence-electron chi connectivity index (χ1n) is 5.75. The monoisotopic (exact) mass is 262 g/mol. The van der Waals surface area contributed by atoms with Gasteiger partial charge < -0.3 is 14.0 Å². The molecule has 1 unspecified atom stereocenters. The molecule has 19 heavy (non-hydrogen) atoms. The SMILES string of the molecule is COc1ccc(-c2noc(C(C)OC(C)=O)n2)cc1. The molecule has 2 aromatic rings. The minimum Gasteiger partial charge on any atom is -0.497 e. The van der Waals surface area contributed by atoms with Crippen LogP contribution in [0, 0.1) is 0 Å². The number of carbonyl (C=O) groups is 1. The summed E-state index contributed by atoms with van der Waals surface area (Å²) < 4.78 is 15.1. The molecule has 0 saturated carbocycles. The minimum absolute atomic E-state index is 0.265. The average Bonchev–Trinajstić information content (AvgIpc) is 2.88. The van der Waals surface area contributed by atoms with E-state index < -0.39 is 12.1 Å². The van der Waals surface area contributed by atoms with Crippen molar-refractivity contribution in [2.45, 2.75) is 20.0 Å². The van der Waals surface area contributed by atoms with Gasteiger partial charge in [0.25, 0.3) is 5.89 Å². The fraction of sp³-hybridized carbons (Fsp3) is 0.308. The van der Waals surface area contributed by atoms with Gasteiger partial charge in [0.2, 0.25) is 5.82 Å². The third-order valence-electron chi connectivity index (χ3n) is 2.48. The molecule has 0 aliphatic rings. The van der Waals surface area contributed by atoms with Crippen LogP contribution in [0.25, 0.3) is 11.4 Å². The van der Waals surface area contributed by atoms with Gasteiger partial charge in [-0.1, -0.05) is 5.16 Å². The van der Waals surface area contributed by atoms with Crippen LogP contribution in [-0.2, 0) is 9.53 Å². The van der Waals surface area contributed by atoms with E-state index in [1.807, 2.05) is 12.1 Å². The van der Waals surface area contributed by atoms with Crippen LogP contribution in [0.5, 0.6) is 5.75 Å². The summed E-state index contributed by atoms with van der Waals surface area (Å²) in [6.45, 7) is 3.00. The van der Waals surface area contributed by atoms with Crippen LogP contribution < -0.4 is 4.74 Å². The van der Waals surface area contributed by atoms with E-state index in [4.69, 9.17) is 14.0 Å². The molecule has 0 aliphatic carbocycles. The fourth-order valence-electron chi connectivity index (χ4n) is 1.56. The van der Waals surface area contributed by atoms with Crippen LogP contribution in [0.2, 0.25) is 0 Å². The smallest absolute Gasteiger partial charge is 0.303 e. The normalized spacial score (nSPS) is 11.9. The Bertz CT molecular complexity index is 562. The zero-order valence-electron chi connectivity index (χ0n) is 10.9. The summed E-state index contributed by atoms with van der Waals surface area (Å²) in [5.41, 5.74) is 0.797. The molecule has 0 N–H and O–H groups in total. The van der Waals surface area contributed by atoms with E-state index >= 15 is 0 Å². The summed E-state index contributed by atoms with van der Waals surface area (Å²) in [7, 11) is 1.60. The Morgan fingerprint density at radius 1 is 1.32 bits per heavy atom. The highest BCUT2D eigenvalue weighted by molar-refractivity contribution is 5.66. The number of ether oxygens (including phenoxy) is 2. The highest BCUT2D eigenvalue weighted by Gasteiger charge is 2.17. The number of esters is 1. The van der Waals surface area contributed by atoms with Crippen molar-refractivity contribution < 1.29 is 18.8 Å². The topological polar surface area (TPSA) is 74.5 Å². The predicted octanol–water partition coefficient (Wildman–Crippen LogP) is 2.37. The summed E-state index contributed by atoms with van der Waals surface area (Å²) in [6.07, 6.45) is -0.558. The van der Waals surface area contributed by atoms with Crippen molar-refractivity contribution in [2.75, 3.05) is 7.11 Å². The molecule has 6 nitrogen and oxygen atoms in total. The first-order chi connectivity index (χ1) is 9.10. The van der Waals surface area contributed by atoms with E-state index in [0.717, 1.165) is 11.3 Å². The Balaban J connectivity index is 2.17. The molecule has 100 valence electrons. The maximum Gasteiger partial charge on any atom is 0.303 e. The number of hydrogen-bond donors (Lipinski definition) is 0. The molecule has 6 heteroatoms. The number of hydrogen-bond acceptors (Lipinski definition) is 6. The molecule has 0 saturated heterocycles. The fourth-order valence-corrected chi connectivity index (χ4v) is 1.56. The van der Waals surface area contributed by atoms with E-state index in [9.17, 15) is 4.79 Å². The second-order valence-electron chi connectivity index (χ2n) is 3.94. The lowest BCUT2D eigenvalue weighted by atomic mass is 10.2. The largest absolute Gasteiger partial charge is 0.497 e. The van der Waals surface area contributed by atoms with Crippen molar-refractivity contribution >= 4 is 5.97 Å². The number of carbonyl (C=O) groups excluding carboxylic acids is 1. The standard InChI is InChI=1S/C13H14N2O4/c1-8(18-9(2)16)13-14-12(15-19-13)10-4-6-11(17-3)7-5-10/h4-8H,1-3H3. The number of aromatic nitrogens is 2. The van der Waals surface area contributed by atoms with Crippen LogP contribution >= 0.6 is 0 Å². The summed E-state index contributed by atoms with van der Waals surface area (Å²) in [5.74, 6) is 1.06.